The van der Waals surface area contributed by atoms with E-state index in [0.717, 1.165) is 11.1 Å². The van der Waals surface area contributed by atoms with Crippen LogP contribution in [0.25, 0.3) is 0 Å². The van der Waals surface area contributed by atoms with Crippen LogP contribution in [0.5, 0.6) is 0 Å². The van der Waals surface area contributed by atoms with Crippen molar-refractivity contribution in [3.05, 3.63) is 35.5 Å². The highest BCUT2D eigenvalue weighted by atomic mass is 16.5. The van der Waals surface area contributed by atoms with Gasteiger partial charge in [0.05, 0.1) is 12.0 Å². The van der Waals surface area contributed by atoms with Crippen LogP contribution in [0.4, 0.5) is 0 Å². The maximum atomic E-state index is 11.6. The average molecular weight is 264 g/mol. The normalized spacial score (nSPS) is 21.1. The molecular weight excluding hydrogens is 244 g/mol. The maximum absolute atomic E-state index is 11.6. The summed E-state index contributed by atoms with van der Waals surface area (Å²) in [5, 5.41) is 10.0. The maximum Gasteiger partial charge on any atom is 0.333 e. The zero-order valence-corrected chi connectivity index (χ0v) is 11.6. The quantitative estimate of drug-likeness (QED) is 0.468. The number of cyclic esters (lactones) is 1. The predicted molar refractivity (Wildman–Crippen MR) is 72.4 cm³/mol. The molecule has 1 fully saturated rings. The molecule has 0 saturated carbocycles. The van der Waals surface area contributed by atoms with Gasteiger partial charge in [-0.25, -0.2) is 4.79 Å². The van der Waals surface area contributed by atoms with Gasteiger partial charge in [0, 0.05) is 12.0 Å². The van der Waals surface area contributed by atoms with Gasteiger partial charge in [0.2, 0.25) is 0 Å². The minimum Gasteiger partial charge on any atom is -0.462 e. The van der Waals surface area contributed by atoms with Gasteiger partial charge >= 0.3 is 5.97 Å². The van der Waals surface area contributed by atoms with E-state index in [1.54, 1.807) is 19.1 Å². The number of esters is 1. The summed E-state index contributed by atoms with van der Waals surface area (Å²) in [6.07, 6.45) is 2.58. The molecule has 0 spiro atoms. The van der Waals surface area contributed by atoms with Crippen LogP contribution < -0.4 is 0 Å². The van der Waals surface area contributed by atoms with Crippen molar-refractivity contribution in [2.45, 2.75) is 33.3 Å². The molecule has 1 aliphatic heterocycles. The molecule has 104 valence electrons. The van der Waals surface area contributed by atoms with E-state index < -0.39 is 18.0 Å². The Morgan fingerprint density at radius 1 is 1.53 bits per heavy atom. The zero-order chi connectivity index (χ0) is 14.6. The Morgan fingerprint density at radius 3 is 2.63 bits per heavy atom. The number of carbonyl (C=O) groups excluding carboxylic acids is 2. The van der Waals surface area contributed by atoms with E-state index >= 15 is 0 Å². The van der Waals surface area contributed by atoms with Crippen molar-refractivity contribution in [3.63, 3.8) is 0 Å². The molecule has 0 aromatic heterocycles. The van der Waals surface area contributed by atoms with Gasteiger partial charge in [-0.15, -0.1) is 0 Å². The van der Waals surface area contributed by atoms with E-state index in [4.69, 9.17) is 4.74 Å². The molecule has 4 nitrogen and oxygen atoms in total. The smallest absolute Gasteiger partial charge is 0.333 e. The third-order valence-electron chi connectivity index (χ3n) is 2.87. The van der Waals surface area contributed by atoms with Crippen molar-refractivity contribution in [1.82, 2.24) is 0 Å². The van der Waals surface area contributed by atoms with Crippen LogP contribution in [0.3, 0.4) is 0 Å². The van der Waals surface area contributed by atoms with Crippen molar-refractivity contribution < 1.29 is 19.4 Å². The van der Waals surface area contributed by atoms with Gasteiger partial charge < -0.3 is 9.84 Å². The Kier molecular flexibility index (Phi) is 5.24. The van der Waals surface area contributed by atoms with Gasteiger partial charge in [0.1, 0.15) is 6.61 Å². The first-order valence-electron chi connectivity index (χ1n) is 6.20. The Morgan fingerprint density at radius 2 is 2.16 bits per heavy atom. The van der Waals surface area contributed by atoms with Crippen molar-refractivity contribution in [2.24, 2.45) is 5.92 Å². The summed E-state index contributed by atoms with van der Waals surface area (Å²) >= 11 is 0. The van der Waals surface area contributed by atoms with E-state index in [0.29, 0.717) is 0 Å². The van der Waals surface area contributed by atoms with Crippen LogP contribution in [0, 0.1) is 5.92 Å². The fraction of sp³-hybridized carbons (Fsp3) is 0.467. The van der Waals surface area contributed by atoms with Gasteiger partial charge in [0.15, 0.2) is 5.78 Å². The van der Waals surface area contributed by atoms with Gasteiger partial charge in [-0.2, -0.15) is 0 Å². The molecular formula is C15H20O4. The van der Waals surface area contributed by atoms with E-state index in [1.165, 1.54) is 0 Å². The molecule has 0 aliphatic carbocycles. The molecule has 1 heterocycles. The summed E-state index contributed by atoms with van der Waals surface area (Å²) in [5.41, 5.74) is 2.00. The molecule has 0 bridgehead atoms. The minimum absolute atomic E-state index is 0.00137. The van der Waals surface area contributed by atoms with Crippen molar-refractivity contribution in [3.8, 4) is 0 Å². The van der Waals surface area contributed by atoms with Crippen molar-refractivity contribution in [2.75, 3.05) is 6.61 Å². The van der Waals surface area contributed by atoms with Gasteiger partial charge in [0.25, 0.3) is 0 Å². The number of rotatable bonds is 5. The standard InChI is InChI=1S/C15H20O4/c1-9(2)5-12(16)6-10(3)7-14(17)13-8-19-15(18)11(13)4/h5,7,13-14,17H,4,6,8H2,1-3H3/b10-7+/t13?,14-/m1/s1. The molecule has 0 radical (unpaired) electrons. The lowest BCUT2D eigenvalue weighted by molar-refractivity contribution is -0.135. The monoisotopic (exact) mass is 264 g/mol. The van der Waals surface area contributed by atoms with Crippen LogP contribution in [-0.2, 0) is 14.3 Å². The molecule has 2 atom stereocenters. The first-order chi connectivity index (χ1) is 8.81. The largest absolute Gasteiger partial charge is 0.462 e. The summed E-state index contributed by atoms with van der Waals surface area (Å²) in [6.45, 7) is 9.24. The lowest BCUT2D eigenvalue weighted by atomic mass is 9.95. The number of carbonyl (C=O) groups is 2. The molecule has 1 unspecified atom stereocenters. The second-order valence-electron chi connectivity index (χ2n) is 5.10. The fourth-order valence-electron chi connectivity index (χ4n) is 1.93. The van der Waals surface area contributed by atoms with E-state index in [1.807, 2.05) is 13.8 Å². The van der Waals surface area contributed by atoms with Crippen molar-refractivity contribution >= 4 is 11.8 Å². The molecule has 1 N–H and O–H groups in total. The van der Waals surface area contributed by atoms with E-state index in [2.05, 4.69) is 6.58 Å². The molecule has 1 rings (SSSR count). The predicted octanol–water partition coefficient (Wildman–Crippen LogP) is 1.95. The average Bonchev–Trinajstić information content (AvgIpc) is 2.57. The minimum atomic E-state index is -0.849. The Bertz CT molecular complexity index is 453. The lowest BCUT2D eigenvalue weighted by Gasteiger charge is -2.13. The number of ether oxygens (including phenoxy) is 1. The summed E-state index contributed by atoms with van der Waals surface area (Å²) in [6, 6.07) is 0. The Labute approximate surface area is 113 Å². The number of allylic oxidation sites excluding steroid dienone is 3. The first-order valence-corrected chi connectivity index (χ1v) is 6.20. The molecule has 4 heteroatoms. The number of ketones is 1. The number of hydrogen-bond acceptors (Lipinski definition) is 4. The van der Waals surface area contributed by atoms with Gasteiger partial charge in [-0.05, 0) is 26.8 Å². The second kappa shape index (κ2) is 6.48. The molecule has 1 saturated heterocycles. The summed E-state index contributed by atoms with van der Waals surface area (Å²) in [5.74, 6) is -0.879. The second-order valence-corrected chi connectivity index (χ2v) is 5.10. The van der Waals surface area contributed by atoms with E-state index in [9.17, 15) is 14.7 Å². The fourth-order valence-corrected chi connectivity index (χ4v) is 1.93. The van der Waals surface area contributed by atoms with Gasteiger partial charge in [-0.1, -0.05) is 23.8 Å². The summed E-state index contributed by atoms with van der Waals surface area (Å²) in [4.78, 5) is 22.7. The molecule has 19 heavy (non-hydrogen) atoms. The highest BCUT2D eigenvalue weighted by molar-refractivity contribution is 5.92. The zero-order valence-electron chi connectivity index (χ0n) is 11.6. The van der Waals surface area contributed by atoms with Crippen LogP contribution >= 0.6 is 0 Å². The number of aliphatic hydroxyl groups excluding tert-OH is 1. The summed E-state index contributed by atoms with van der Waals surface area (Å²) in [7, 11) is 0. The van der Waals surface area contributed by atoms with E-state index in [-0.39, 0.29) is 24.4 Å². The number of hydrogen-bond donors (Lipinski definition) is 1. The molecule has 0 amide bonds. The SMILES string of the molecule is C=C1C(=O)OCC1[C@H](O)/C=C(\C)CC(=O)C=C(C)C. The van der Waals surface area contributed by atoms with Crippen LogP contribution in [0.1, 0.15) is 27.2 Å². The molecule has 1 aliphatic rings. The topological polar surface area (TPSA) is 63.6 Å². The Hall–Kier alpha value is -1.68. The number of aliphatic hydroxyl groups is 1. The van der Waals surface area contributed by atoms with Crippen LogP contribution in [-0.4, -0.2) is 29.6 Å². The molecule has 0 aromatic rings. The molecule has 0 aromatic carbocycles. The highest BCUT2D eigenvalue weighted by Gasteiger charge is 2.33. The Balaban J connectivity index is 2.64. The van der Waals surface area contributed by atoms with Crippen molar-refractivity contribution in [1.29, 1.82) is 0 Å². The highest BCUT2D eigenvalue weighted by Crippen LogP contribution is 2.24. The summed E-state index contributed by atoms with van der Waals surface area (Å²) < 4.78 is 4.81. The third-order valence-corrected chi connectivity index (χ3v) is 2.87. The first kappa shape index (κ1) is 15.4. The lowest BCUT2D eigenvalue weighted by Crippen LogP contribution is -2.20. The van der Waals surface area contributed by atoms with Gasteiger partial charge in [-0.3, -0.25) is 4.79 Å². The third kappa shape index (κ3) is 4.48. The van der Waals surface area contributed by atoms with Crippen LogP contribution in [0.15, 0.2) is 35.5 Å². The van der Waals surface area contributed by atoms with Crippen LogP contribution in [0.2, 0.25) is 0 Å².